The van der Waals surface area contributed by atoms with E-state index in [1.54, 1.807) is 6.33 Å². The van der Waals surface area contributed by atoms with Crippen molar-refractivity contribution in [2.45, 2.75) is 6.92 Å². The Morgan fingerprint density at radius 2 is 1.92 bits per heavy atom. The Morgan fingerprint density at radius 3 is 2.67 bits per heavy atom. The van der Waals surface area contributed by atoms with Crippen LogP contribution in [0.2, 0.25) is 0 Å². The summed E-state index contributed by atoms with van der Waals surface area (Å²) in [6, 6.07) is 6.34. The van der Waals surface area contributed by atoms with Crippen LogP contribution in [0.4, 0.5) is 17.5 Å². The van der Waals surface area contributed by atoms with E-state index in [-0.39, 0.29) is 5.95 Å². The van der Waals surface area contributed by atoms with Gasteiger partial charge in [0.05, 0.1) is 18.9 Å². The lowest BCUT2D eigenvalue weighted by Gasteiger charge is -2.29. The number of imidazole rings is 1. The maximum absolute atomic E-state index is 5.88. The summed E-state index contributed by atoms with van der Waals surface area (Å²) in [4.78, 5) is 14.9. The zero-order valence-corrected chi connectivity index (χ0v) is 13.4. The molecule has 2 aromatic heterocycles. The molecule has 0 unspecified atom stereocenters. The summed E-state index contributed by atoms with van der Waals surface area (Å²) in [6.45, 7) is 5.42. The molecule has 0 saturated carbocycles. The minimum absolute atomic E-state index is 0.143. The third-order valence-electron chi connectivity index (χ3n) is 4.26. The Labute approximate surface area is 139 Å². The summed E-state index contributed by atoms with van der Waals surface area (Å²) < 4.78 is 7.30. The van der Waals surface area contributed by atoms with Crippen LogP contribution in [0, 0.1) is 6.92 Å². The molecule has 8 heteroatoms. The molecular formula is C16H19N7O. The van der Waals surface area contributed by atoms with Gasteiger partial charge in [-0.15, -0.1) is 0 Å². The molecule has 124 valence electrons. The van der Waals surface area contributed by atoms with E-state index < -0.39 is 0 Å². The van der Waals surface area contributed by atoms with Crippen molar-refractivity contribution in [1.82, 2.24) is 19.5 Å². The van der Waals surface area contributed by atoms with Gasteiger partial charge in [-0.3, -0.25) is 4.57 Å². The van der Waals surface area contributed by atoms with Gasteiger partial charge < -0.3 is 21.1 Å². The summed E-state index contributed by atoms with van der Waals surface area (Å²) in [5, 5.41) is 0. The van der Waals surface area contributed by atoms with Crippen LogP contribution in [0.1, 0.15) is 5.56 Å². The van der Waals surface area contributed by atoms with E-state index in [9.17, 15) is 0 Å². The highest BCUT2D eigenvalue weighted by Crippen LogP contribution is 2.26. The Kier molecular flexibility index (Phi) is 3.46. The smallest absolute Gasteiger partial charge is 0.224 e. The van der Waals surface area contributed by atoms with Crippen LogP contribution in [0.15, 0.2) is 24.5 Å². The Hall–Kier alpha value is -2.87. The second-order valence-corrected chi connectivity index (χ2v) is 5.82. The molecule has 1 aliphatic heterocycles. The molecule has 0 spiro atoms. The van der Waals surface area contributed by atoms with Gasteiger partial charge in [0.1, 0.15) is 6.33 Å². The number of morpholine rings is 1. The van der Waals surface area contributed by atoms with E-state index in [0.717, 1.165) is 37.6 Å². The fourth-order valence-electron chi connectivity index (χ4n) is 3.04. The van der Waals surface area contributed by atoms with Gasteiger partial charge in [0.15, 0.2) is 17.0 Å². The minimum atomic E-state index is 0.143. The van der Waals surface area contributed by atoms with Gasteiger partial charge in [-0.2, -0.15) is 9.97 Å². The molecule has 0 aliphatic carbocycles. The van der Waals surface area contributed by atoms with Gasteiger partial charge in [0.25, 0.3) is 0 Å². The number of rotatable bonds is 2. The van der Waals surface area contributed by atoms with Gasteiger partial charge in [0, 0.05) is 18.8 Å². The van der Waals surface area contributed by atoms with Gasteiger partial charge >= 0.3 is 0 Å². The van der Waals surface area contributed by atoms with Crippen molar-refractivity contribution in [1.29, 1.82) is 0 Å². The number of anilines is 3. The molecule has 1 fully saturated rings. The maximum atomic E-state index is 5.88. The van der Waals surface area contributed by atoms with E-state index in [2.05, 4.69) is 45.0 Å². The lowest BCUT2D eigenvalue weighted by atomic mass is 10.1. The molecule has 1 saturated heterocycles. The first kappa shape index (κ1) is 14.7. The van der Waals surface area contributed by atoms with E-state index in [0.29, 0.717) is 17.0 Å². The molecule has 4 N–H and O–H groups in total. The normalized spacial score (nSPS) is 15.1. The molecule has 0 radical (unpaired) electrons. The number of hydrogen-bond acceptors (Lipinski definition) is 7. The molecule has 3 heterocycles. The van der Waals surface area contributed by atoms with Crippen LogP contribution in [-0.2, 0) is 4.74 Å². The number of nitrogen functional groups attached to an aromatic ring is 2. The third kappa shape index (κ3) is 2.41. The van der Waals surface area contributed by atoms with Gasteiger partial charge in [-0.05, 0) is 30.7 Å². The van der Waals surface area contributed by atoms with Crippen molar-refractivity contribution >= 4 is 28.6 Å². The van der Waals surface area contributed by atoms with Crippen LogP contribution in [0.25, 0.3) is 16.9 Å². The van der Waals surface area contributed by atoms with E-state index in [4.69, 9.17) is 16.2 Å². The minimum Gasteiger partial charge on any atom is -0.382 e. The third-order valence-corrected chi connectivity index (χ3v) is 4.26. The second kappa shape index (κ2) is 5.64. The number of nitrogens with two attached hydrogens (primary N) is 2. The zero-order valence-electron chi connectivity index (χ0n) is 13.4. The first-order valence-corrected chi connectivity index (χ1v) is 7.83. The first-order valence-electron chi connectivity index (χ1n) is 7.83. The van der Waals surface area contributed by atoms with Crippen molar-refractivity contribution < 1.29 is 4.74 Å². The van der Waals surface area contributed by atoms with Gasteiger partial charge in [-0.1, -0.05) is 0 Å². The zero-order chi connectivity index (χ0) is 16.7. The largest absolute Gasteiger partial charge is 0.382 e. The van der Waals surface area contributed by atoms with E-state index >= 15 is 0 Å². The maximum Gasteiger partial charge on any atom is 0.224 e. The molecule has 1 aliphatic rings. The molecule has 3 aromatic rings. The van der Waals surface area contributed by atoms with Gasteiger partial charge in [-0.25, -0.2) is 4.98 Å². The quantitative estimate of drug-likeness (QED) is 0.727. The number of hydrogen-bond donors (Lipinski definition) is 2. The van der Waals surface area contributed by atoms with Crippen LogP contribution in [0.5, 0.6) is 0 Å². The number of benzene rings is 1. The van der Waals surface area contributed by atoms with Crippen molar-refractivity contribution in [2.24, 2.45) is 0 Å². The van der Waals surface area contributed by atoms with Crippen molar-refractivity contribution in [3.05, 3.63) is 30.1 Å². The number of nitrogens with zero attached hydrogens (tertiary/aromatic N) is 5. The Morgan fingerprint density at radius 1 is 1.12 bits per heavy atom. The van der Waals surface area contributed by atoms with Gasteiger partial charge in [0.2, 0.25) is 5.95 Å². The van der Waals surface area contributed by atoms with Crippen molar-refractivity contribution in [2.75, 3.05) is 42.7 Å². The molecular weight excluding hydrogens is 306 g/mol. The van der Waals surface area contributed by atoms with E-state index in [1.807, 2.05) is 4.57 Å². The number of fused-ring (bicyclic) bond motifs is 1. The predicted octanol–water partition coefficient (Wildman–Crippen LogP) is 1.12. The predicted molar refractivity (Wildman–Crippen MR) is 93.3 cm³/mol. The number of ether oxygens (including phenoxy) is 1. The Balaban J connectivity index is 1.77. The summed E-state index contributed by atoms with van der Waals surface area (Å²) >= 11 is 0. The molecule has 24 heavy (non-hydrogen) atoms. The van der Waals surface area contributed by atoms with Crippen LogP contribution in [-0.4, -0.2) is 45.8 Å². The standard InChI is InChI=1S/C16H19N7O/c1-10-8-11(22-4-6-24-7-5-22)2-3-12(10)23-9-19-13-14(17)20-16(18)21-15(13)23/h2-3,8-9H,4-7H2,1H3,(H4,17,18,20,21). The molecule has 0 bridgehead atoms. The highest BCUT2D eigenvalue weighted by Gasteiger charge is 2.15. The average Bonchev–Trinajstić information content (AvgIpc) is 2.99. The second-order valence-electron chi connectivity index (χ2n) is 5.82. The van der Waals surface area contributed by atoms with Crippen LogP contribution >= 0.6 is 0 Å². The highest BCUT2D eigenvalue weighted by molar-refractivity contribution is 5.84. The fourth-order valence-corrected chi connectivity index (χ4v) is 3.04. The fraction of sp³-hybridized carbons (Fsp3) is 0.312. The summed E-state index contributed by atoms with van der Waals surface area (Å²) in [6.07, 6.45) is 1.70. The summed E-state index contributed by atoms with van der Waals surface area (Å²) in [5.74, 6) is 0.433. The number of aromatic nitrogens is 4. The van der Waals surface area contributed by atoms with Crippen LogP contribution in [0.3, 0.4) is 0 Å². The number of aryl methyl sites for hydroxylation is 1. The molecule has 4 rings (SSSR count). The SMILES string of the molecule is Cc1cc(N2CCOCC2)ccc1-n1cnc2c(N)nc(N)nc21. The van der Waals surface area contributed by atoms with Crippen LogP contribution < -0.4 is 16.4 Å². The summed E-state index contributed by atoms with van der Waals surface area (Å²) in [5.41, 5.74) is 16.1. The monoisotopic (exact) mass is 325 g/mol. The van der Waals surface area contributed by atoms with E-state index in [1.165, 1.54) is 5.69 Å². The lowest BCUT2D eigenvalue weighted by molar-refractivity contribution is 0.122. The molecule has 8 nitrogen and oxygen atoms in total. The molecule has 0 amide bonds. The van der Waals surface area contributed by atoms with Crippen molar-refractivity contribution in [3.63, 3.8) is 0 Å². The Bertz CT molecular complexity index is 899. The first-order chi connectivity index (χ1) is 11.6. The molecule has 0 atom stereocenters. The molecule has 1 aromatic carbocycles. The average molecular weight is 325 g/mol. The highest BCUT2D eigenvalue weighted by atomic mass is 16.5. The summed E-state index contributed by atoms with van der Waals surface area (Å²) in [7, 11) is 0. The van der Waals surface area contributed by atoms with Crippen molar-refractivity contribution in [3.8, 4) is 5.69 Å². The lowest BCUT2D eigenvalue weighted by Crippen LogP contribution is -2.36. The topological polar surface area (TPSA) is 108 Å².